The minimum Gasteiger partial charge on any atom is -0.496 e. The van der Waals surface area contributed by atoms with Crippen molar-refractivity contribution in [2.75, 3.05) is 12.8 Å². The molecule has 0 spiro atoms. The van der Waals surface area contributed by atoms with Crippen molar-refractivity contribution in [2.45, 2.75) is 13.5 Å². The average molecular weight is 306 g/mol. The van der Waals surface area contributed by atoms with Crippen LogP contribution in [-0.4, -0.2) is 13.1 Å². The lowest BCUT2D eigenvalue weighted by Gasteiger charge is -2.10. The number of rotatable bonds is 4. The molecule has 4 nitrogen and oxygen atoms in total. The summed E-state index contributed by atoms with van der Waals surface area (Å²) in [5.41, 5.74) is 8.27. The van der Waals surface area contributed by atoms with Crippen molar-refractivity contribution in [2.24, 2.45) is 0 Å². The molecule has 110 valence electrons. The van der Waals surface area contributed by atoms with Gasteiger partial charge in [-0.1, -0.05) is 23.2 Å². The summed E-state index contributed by atoms with van der Waals surface area (Å²) in [5, 5.41) is 0.398. The zero-order chi connectivity index (χ0) is 15.4. The number of aryl methyl sites for hydroxylation is 1. The van der Waals surface area contributed by atoms with E-state index < -0.39 is 5.97 Å². The van der Waals surface area contributed by atoms with Crippen LogP contribution in [0.2, 0.25) is 5.02 Å². The summed E-state index contributed by atoms with van der Waals surface area (Å²) in [6, 6.07) is 10.3. The fourth-order valence-electron chi connectivity index (χ4n) is 1.98. The van der Waals surface area contributed by atoms with Gasteiger partial charge >= 0.3 is 5.97 Å². The Balaban J connectivity index is 2.12. The lowest BCUT2D eigenvalue weighted by molar-refractivity contribution is 0.0470. The van der Waals surface area contributed by atoms with Gasteiger partial charge in [-0.15, -0.1) is 0 Å². The Morgan fingerprint density at radius 2 is 2.00 bits per heavy atom. The quantitative estimate of drug-likeness (QED) is 0.692. The second-order valence-corrected chi connectivity index (χ2v) is 5.10. The molecule has 2 aromatic carbocycles. The van der Waals surface area contributed by atoms with Crippen LogP contribution in [0.4, 0.5) is 5.69 Å². The molecular weight excluding hydrogens is 290 g/mol. The van der Waals surface area contributed by atoms with E-state index in [0.29, 0.717) is 22.0 Å². The first-order chi connectivity index (χ1) is 9.99. The maximum absolute atomic E-state index is 12.0. The molecule has 0 aliphatic heterocycles. The summed E-state index contributed by atoms with van der Waals surface area (Å²) in [5.74, 6) is 0.201. The number of carbonyl (C=O) groups is 1. The second-order valence-electron chi connectivity index (χ2n) is 4.66. The van der Waals surface area contributed by atoms with Crippen molar-refractivity contribution in [3.05, 3.63) is 58.1 Å². The number of hydrogen-bond donors (Lipinski definition) is 1. The smallest absolute Gasteiger partial charge is 0.338 e. The molecular formula is C16H16ClNO3. The molecule has 2 rings (SSSR count). The number of esters is 1. The largest absolute Gasteiger partial charge is 0.496 e. The molecule has 0 aliphatic rings. The predicted molar refractivity (Wildman–Crippen MR) is 82.7 cm³/mol. The van der Waals surface area contributed by atoms with Crippen LogP contribution in [0.1, 0.15) is 21.5 Å². The summed E-state index contributed by atoms with van der Waals surface area (Å²) in [6.07, 6.45) is 0. The summed E-state index contributed by atoms with van der Waals surface area (Å²) in [7, 11) is 1.58. The normalized spacial score (nSPS) is 10.2. The van der Waals surface area contributed by atoms with Gasteiger partial charge in [0.15, 0.2) is 0 Å². The molecule has 0 saturated carbocycles. The molecule has 0 aromatic heterocycles. The lowest BCUT2D eigenvalue weighted by Crippen LogP contribution is -2.07. The molecule has 0 fully saturated rings. The summed E-state index contributed by atoms with van der Waals surface area (Å²) in [6.45, 7) is 2.08. The van der Waals surface area contributed by atoms with Crippen LogP contribution in [0, 0.1) is 6.92 Å². The van der Waals surface area contributed by atoms with Gasteiger partial charge in [0.1, 0.15) is 12.4 Å². The molecule has 0 unspecified atom stereocenters. The van der Waals surface area contributed by atoms with Gasteiger partial charge in [-0.25, -0.2) is 4.79 Å². The maximum Gasteiger partial charge on any atom is 0.338 e. The Bertz CT molecular complexity index is 650. The number of benzene rings is 2. The highest BCUT2D eigenvalue weighted by molar-refractivity contribution is 6.31. The van der Waals surface area contributed by atoms with Gasteiger partial charge in [-0.05, 0) is 37.3 Å². The van der Waals surface area contributed by atoms with Crippen molar-refractivity contribution in [1.29, 1.82) is 0 Å². The van der Waals surface area contributed by atoms with Gasteiger partial charge in [0.2, 0.25) is 0 Å². The highest BCUT2D eigenvalue weighted by Gasteiger charge is 2.11. The molecule has 0 heterocycles. The highest BCUT2D eigenvalue weighted by atomic mass is 35.5. The maximum atomic E-state index is 12.0. The standard InChI is InChI=1S/C16H16ClNO3/c1-10-3-4-15(20-2)12(5-10)9-21-16(19)11-6-13(17)8-14(18)7-11/h3-8H,9,18H2,1-2H3. The Morgan fingerprint density at radius 3 is 2.67 bits per heavy atom. The van der Waals surface area contributed by atoms with Gasteiger partial charge in [0, 0.05) is 16.3 Å². The SMILES string of the molecule is COc1ccc(C)cc1COC(=O)c1cc(N)cc(Cl)c1. The van der Waals surface area contributed by atoms with Crippen LogP contribution >= 0.6 is 11.6 Å². The van der Waals surface area contributed by atoms with Crippen molar-refractivity contribution in [3.8, 4) is 5.75 Å². The van der Waals surface area contributed by atoms with Crippen LogP contribution in [0.25, 0.3) is 0 Å². The number of ether oxygens (including phenoxy) is 2. The number of hydrogen-bond acceptors (Lipinski definition) is 4. The van der Waals surface area contributed by atoms with E-state index >= 15 is 0 Å². The van der Waals surface area contributed by atoms with E-state index in [-0.39, 0.29) is 6.61 Å². The number of nitrogen functional groups attached to an aromatic ring is 1. The van der Waals surface area contributed by atoms with E-state index in [9.17, 15) is 4.79 Å². The number of halogens is 1. The summed E-state index contributed by atoms with van der Waals surface area (Å²) in [4.78, 5) is 12.0. The second kappa shape index (κ2) is 6.50. The van der Waals surface area contributed by atoms with Crippen molar-refractivity contribution < 1.29 is 14.3 Å². The van der Waals surface area contributed by atoms with Gasteiger partial charge in [-0.2, -0.15) is 0 Å². The first-order valence-corrected chi connectivity index (χ1v) is 6.74. The zero-order valence-corrected chi connectivity index (χ0v) is 12.6. The zero-order valence-electron chi connectivity index (χ0n) is 11.9. The van der Waals surface area contributed by atoms with Crippen LogP contribution in [0.15, 0.2) is 36.4 Å². The van der Waals surface area contributed by atoms with Gasteiger partial charge in [0.25, 0.3) is 0 Å². The molecule has 0 amide bonds. The van der Waals surface area contributed by atoms with E-state index in [0.717, 1.165) is 11.1 Å². The van der Waals surface area contributed by atoms with Crippen LogP contribution < -0.4 is 10.5 Å². The number of anilines is 1. The van der Waals surface area contributed by atoms with E-state index in [1.54, 1.807) is 13.2 Å². The number of methoxy groups -OCH3 is 1. The van der Waals surface area contributed by atoms with Gasteiger partial charge < -0.3 is 15.2 Å². The molecule has 0 bridgehead atoms. The van der Waals surface area contributed by atoms with E-state index in [1.807, 2.05) is 25.1 Å². The molecule has 0 aliphatic carbocycles. The molecule has 0 radical (unpaired) electrons. The van der Waals surface area contributed by atoms with Crippen molar-refractivity contribution >= 4 is 23.3 Å². The monoisotopic (exact) mass is 305 g/mol. The summed E-state index contributed by atoms with van der Waals surface area (Å²) < 4.78 is 10.5. The Labute approximate surface area is 128 Å². The summed E-state index contributed by atoms with van der Waals surface area (Å²) >= 11 is 5.87. The van der Waals surface area contributed by atoms with Gasteiger partial charge in [-0.3, -0.25) is 0 Å². The first-order valence-electron chi connectivity index (χ1n) is 6.36. The topological polar surface area (TPSA) is 61.5 Å². The van der Waals surface area contributed by atoms with E-state index in [1.165, 1.54) is 12.1 Å². The predicted octanol–water partition coefficient (Wildman–Crippen LogP) is 3.60. The van der Waals surface area contributed by atoms with Gasteiger partial charge in [0.05, 0.1) is 12.7 Å². The lowest BCUT2D eigenvalue weighted by atomic mass is 10.1. The first kappa shape index (κ1) is 15.2. The van der Waals surface area contributed by atoms with Crippen LogP contribution in [0.5, 0.6) is 5.75 Å². The Kier molecular flexibility index (Phi) is 4.70. The third-order valence-corrected chi connectivity index (χ3v) is 3.17. The fourth-order valence-corrected chi connectivity index (χ4v) is 2.22. The third kappa shape index (κ3) is 3.89. The fraction of sp³-hybridized carbons (Fsp3) is 0.188. The third-order valence-electron chi connectivity index (χ3n) is 2.95. The highest BCUT2D eigenvalue weighted by Crippen LogP contribution is 2.22. The van der Waals surface area contributed by atoms with E-state index in [4.69, 9.17) is 26.8 Å². The van der Waals surface area contributed by atoms with Crippen LogP contribution in [-0.2, 0) is 11.3 Å². The molecule has 5 heteroatoms. The Hall–Kier alpha value is -2.20. The minimum atomic E-state index is -0.479. The average Bonchev–Trinajstić information content (AvgIpc) is 2.43. The number of nitrogens with two attached hydrogens (primary N) is 1. The van der Waals surface area contributed by atoms with Crippen molar-refractivity contribution in [1.82, 2.24) is 0 Å². The Morgan fingerprint density at radius 1 is 1.24 bits per heavy atom. The van der Waals surface area contributed by atoms with E-state index in [2.05, 4.69) is 0 Å². The molecule has 0 saturated heterocycles. The molecule has 2 N–H and O–H groups in total. The van der Waals surface area contributed by atoms with Crippen molar-refractivity contribution in [3.63, 3.8) is 0 Å². The molecule has 2 aromatic rings. The molecule has 21 heavy (non-hydrogen) atoms. The number of carbonyl (C=O) groups excluding carboxylic acids is 1. The molecule has 0 atom stereocenters. The minimum absolute atomic E-state index is 0.121. The van der Waals surface area contributed by atoms with Crippen LogP contribution in [0.3, 0.4) is 0 Å².